The number of rotatable bonds is 12. The summed E-state index contributed by atoms with van der Waals surface area (Å²) < 4.78 is 43.6. The van der Waals surface area contributed by atoms with Crippen LogP contribution in [0.2, 0.25) is 5.04 Å². The van der Waals surface area contributed by atoms with E-state index < -0.39 is 29.5 Å². The van der Waals surface area contributed by atoms with E-state index in [1.54, 1.807) is 4.90 Å². The van der Waals surface area contributed by atoms with E-state index in [1.165, 1.54) is 10.4 Å². The van der Waals surface area contributed by atoms with Gasteiger partial charge in [-0.1, -0.05) is 95.3 Å². The number of carbonyl (C=O) groups excluding carboxylic acids is 1. The fourth-order valence-corrected chi connectivity index (χ4v) is 11.0. The summed E-state index contributed by atoms with van der Waals surface area (Å²) >= 11 is 0. The summed E-state index contributed by atoms with van der Waals surface area (Å²) in [6.07, 6.45) is 0.323. The SMILES string of the molecule is CC(C)(CCO[Si](c1ccccc1)(c1ccccc1)C(C)(C)C)COS(=O)(=O)CCN1CCN(C(=O)OC(C)(C)C)CC1. The van der Waals surface area contributed by atoms with Gasteiger partial charge in [-0.25, -0.2) is 4.79 Å². The fourth-order valence-electron chi connectivity index (χ4n) is 5.34. The quantitative estimate of drug-likeness (QED) is 0.244. The number of carbonyl (C=O) groups is 1. The van der Waals surface area contributed by atoms with Gasteiger partial charge in [0.1, 0.15) is 5.60 Å². The van der Waals surface area contributed by atoms with Crippen LogP contribution in [0.5, 0.6) is 0 Å². The van der Waals surface area contributed by atoms with Crippen LogP contribution in [0, 0.1) is 5.41 Å². The number of amides is 1. The molecule has 1 aliphatic rings. The van der Waals surface area contributed by atoms with Gasteiger partial charge in [0.25, 0.3) is 18.4 Å². The molecule has 2 aromatic carbocycles. The predicted molar refractivity (Wildman–Crippen MR) is 176 cm³/mol. The molecule has 8 nitrogen and oxygen atoms in total. The van der Waals surface area contributed by atoms with Crippen molar-refractivity contribution in [1.82, 2.24) is 9.80 Å². The summed E-state index contributed by atoms with van der Waals surface area (Å²) in [5, 5.41) is 2.31. The van der Waals surface area contributed by atoms with Gasteiger partial charge in [-0.15, -0.1) is 0 Å². The molecule has 0 N–H and O–H groups in total. The first kappa shape index (κ1) is 35.2. The van der Waals surface area contributed by atoms with Crippen LogP contribution in [0.1, 0.15) is 61.8 Å². The lowest BCUT2D eigenvalue weighted by Crippen LogP contribution is -2.66. The zero-order valence-corrected chi connectivity index (χ0v) is 29.2. The molecule has 0 bridgehead atoms. The van der Waals surface area contributed by atoms with Crippen LogP contribution in [0.15, 0.2) is 60.7 Å². The molecule has 3 rings (SSSR count). The highest BCUT2D eigenvalue weighted by Gasteiger charge is 2.50. The van der Waals surface area contributed by atoms with Crippen LogP contribution < -0.4 is 10.4 Å². The van der Waals surface area contributed by atoms with Crippen LogP contribution in [-0.2, 0) is 23.5 Å². The third-order valence-corrected chi connectivity index (χ3v) is 14.0. The van der Waals surface area contributed by atoms with Gasteiger partial charge in [0.2, 0.25) is 0 Å². The molecule has 0 unspecified atom stereocenters. The van der Waals surface area contributed by atoms with Crippen LogP contribution in [0.25, 0.3) is 0 Å². The topological polar surface area (TPSA) is 85.4 Å². The van der Waals surface area contributed by atoms with Crippen LogP contribution in [0.3, 0.4) is 0 Å². The number of hydrogen-bond donors (Lipinski definition) is 0. The molecule has 2 aromatic rings. The second-order valence-electron chi connectivity index (χ2n) is 14.3. The average molecular weight is 633 g/mol. The monoisotopic (exact) mass is 632 g/mol. The minimum absolute atomic E-state index is 0.0891. The Balaban J connectivity index is 1.54. The van der Waals surface area contributed by atoms with E-state index in [0.717, 1.165) is 0 Å². The first-order valence-corrected chi connectivity index (χ1v) is 18.8. The van der Waals surface area contributed by atoms with E-state index in [0.29, 0.717) is 45.8 Å². The summed E-state index contributed by atoms with van der Waals surface area (Å²) in [5.41, 5.74) is -0.946. The summed E-state index contributed by atoms with van der Waals surface area (Å²) in [6.45, 7) is 19.5. The first-order chi connectivity index (χ1) is 19.9. The number of piperazine rings is 1. The van der Waals surface area contributed by atoms with E-state index in [9.17, 15) is 13.2 Å². The smallest absolute Gasteiger partial charge is 0.410 e. The van der Waals surface area contributed by atoms with Crippen molar-refractivity contribution in [3.05, 3.63) is 60.7 Å². The molecule has 43 heavy (non-hydrogen) atoms. The molecular weight excluding hydrogens is 581 g/mol. The molecular formula is C33H52N2O6SSi. The van der Waals surface area contributed by atoms with Crippen molar-refractivity contribution in [2.24, 2.45) is 5.41 Å². The lowest BCUT2D eigenvalue weighted by molar-refractivity contribution is 0.0149. The summed E-state index contributed by atoms with van der Waals surface area (Å²) in [7, 11) is -6.37. The molecule has 0 aromatic heterocycles. The third kappa shape index (κ3) is 10.1. The molecule has 10 heteroatoms. The van der Waals surface area contributed by atoms with Crippen molar-refractivity contribution in [3.63, 3.8) is 0 Å². The second kappa shape index (κ2) is 14.2. The van der Waals surface area contributed by atoms with Gasteiger partial charge in [-0.2, -0.15) is 8.42 Å². The Morgan fingerprint density at radius 3 is 1.79 bits per heavy atom. The van der Waals surface area contributed by atoms with Crippen molar-refractivity contribution in [2.45, 2.75) is 72.5 Å². The summed E-state index contributed by atoms with van der Waals surface area (Å²) in [4.78, 5) is 16.0. The molecule has 1 heterocycles. The Labute approximate surface area is 261 Å². The maximum atomic E-state index is 12.8. The lowest BCUT2D eigenvalue weighted by Gasteiger charge is -2.43. The fraction of sp³-hybridized carbons (Fsp3) is 0.606. The average Bonchev–Trinajstić information content (AvgIpc) is 2.93. The van der Waals surface area contributed by atoms with Crippen LogP contribution >= 0.6 is 0 Å². The van der Waals surface area contributed by atoms with Crippen molar-refractivity contribution in [3.8, 4) is 0 Å². The molecule has 1 saturated heterocycles. The predicted octanol–water partition coefficient (Wildman–Crippen LogP) is 4.88. The van der Waals surface area contributed by atoms with Crippen LogP contribution in [0.4, 0.5) is 4.79 Å². The van der Waals surface area contributed by atoms with Gasteiger partial charge < -0.3 is 14.1 Å². The van der Waals surface area contributed by atoms with E-state index in [1.807, 2.05) is 51.7 Å². The maximum absolute atomic E-state index is 12.8. The summed E-state index contributed by atoms with van der Waals surface area (Å²) in [6, 6.07) is 21.0. The zero-order chi connectivity index (χ0) is 31.9. The third-order valence-electron chi connectivity index (χ3n) is 7.82. The minimum Gasteiger partial charge on any atom is -0.444 e. The van der Waals surface area contributed by atoms with Gasteiger partial charge in [-0.05, 0) is 48.0 Å². The molecule has 1 amide bonds. The second-order valence-corrected chi connectivity index (χ2v) is 20.3. The van der Waals surface area contributed by atoms with E-state index in [4.69, 9.17) is 13.3 Å². The Morgan fingerprint density at radius 1 is 0.814 bits per heavy atom. The number of hydrogen-bond acceptors (Lipinski definition) is 7. The zero-order valence-electron chi connectivity index (χ0n) is 27.4. The van der Waals surface area contributed by atoms with Gasteiger partial charge in [0, 0.05) is 39.3 Å². The molecule has 1 aliphatic heterocycles. The van der Waals surface area contributed by atoms with Gasteiger partial charge in [0.15, 0.2) is 0 Å². The Kier molecular flexibility index (Phi) is 11.7. The van der Waals surface area contributed by atoms with Crippen molar-refractivity contribution < 1.29 is 26.6 Å². The number of nitrogens with zero attached hydrogens (tertiary/aromatic N) is 2. The standard InChI is InChI=1S/C33H52N2O6SSi/c1-31(2,3)41-30(36)35-22-20-34(21-23-35)24-26-42(37,38)39-27-33(7,8)19-25-40-43(32(4,5)6,28-15-11-9-12-16-28)29-17-13-10-14-18-29/h9-18H,19-27H2,1-8H3. The molecule has 0 spiro atoms. The lowest BCUT2D eigenvalue weighted by atomic mass is 9.91. The molecule has 0 aliphatic carbocycles. The first-order valence-electron chi connectivity index (χ1n) is 15.3. The highest BCUT2D eigenvalue weighted by molar-refractivity contribution is 7.86. The van der Waals surface area contributed by atoms with Gasteiger partial charge in [-0.3, -0.25) is 9.08 Å². The molecule has 1 fully saturated rings. The highest BCUT2D eigenvalue weighted by Crippen LogP contribution is 2.37. The van der Waals surface area contributed by atoms with Crippen molar-refractivity contribution in [1.29, 1.82) is 0 Å². The Hall–Kier alpha value is -2.24. The van der Waals surface area contributed by atoms with Gasteiger partial charge >= 0.3 is 6.09 Å². The Morgan fingerprint density at radius 2 is 1.33 bits per heavy atom. The highest BCUT2D eigenvalue weighted by atomic mass is 32.2. The molecule has 240 valence electrons. The summed E-state index contributed by atoms with van der Waals surface area (Å²) in [5.74, 6) is -0.0892. The van der Waals surface area contributed by atoms with E-state index in [2.05, 4.69) is 69.3 Å². The number of ether oxygens (including phenoxy) is 1. The van der Waals surface area contributed by atoms with Gasteiger partial charge in [0.05, 0.1) is 12.4 Å². The maximum Gasteiger partial charge on any atom is 0.410 e. The Bertz CT molecular complexity index is 1230. The molecule has 0 saturated carbocycles. The molecule has 0 radical (unpaired) electrons. The van der Waals surface area contributed by atoms with Crippen LogP contribution in [-0.4, -0.2) is 89.9 Å². The van der Waals surface area contributed by atoms with Crippen molar-refractivity contribution in [2.75, 3.05) is 51.7 Å². The van der Waals surface area contributed by atoms with E-state index in [-0.39, 0.29) is 23.5 Å². The van der Waals surface area contributed by atoms with E-state index >= 15 is 0 Å². The van der Waals surface area contributed by atoms with Crippen molar-refractivity contribution >= 4 is 34.9 Å². The largest absolute Gasteiger partial charge is 0.444 e. The molecule has 0 atom stereocenters. The minimum atomic E-state index is -3.71. The normalized spacial score (nSPS) is 15.9. The number of benzene rings is 2.